The minimum absolute atomic E-state index is 0.270. The number of likely N-dealkylation sites (N-methyl/N-ethyl adjacent to an activating group) is 2. The van der Waals surface area contributed by atoms with Crippen LogP contribution in [0.2, 0.25) is 0 Å². The Labute approximate surface area is 163 Å². The standard InChI is InChI=1S/C20H24N4O4/c1-6-24-19-17(18(25)16(21-2)20(24)26)23(3)15(22-19)10-8-12-7-9-13(27-4)14(11-12)28-5/h7-11,16,21H,6H2,1-5H3/b10-8+. The van der Waals surface area contributed by atoms with Gasteiger partial charge in [0.05, 0.1) is 14.2 Å². The number of rotatable bonds is 6. The third-order valence-electron chi connectivity index (χ3n) is 4.81. The molecule has 8 heteroatoms. The van der Waals surface area contributed by atoms with Gasteiger partial charge in [-0.1, -0.05) is 12.1 Å². The lowest BCUT2D eigenvalue weighted by Crippen LogP contribution is -2.54. The Morgan fingerprint density at radius 2 is 1.89 bits per heavy atom. The van der Waals surface area contributed by atoms with Crippen LogP contribution in [-0.2, 0) is 11.8 Å². The summed E-state index contributed by atoms with van der Waals surface area (Å²) < 4.78 is 12.3. The van der Waals surface area contributed by atoms with Crippen LogP contribution in [0.25, 0.3) is 12.2 Å². The van der Waals surface area contributed by atoms with E-state index in [1.807, 2.05) is 31.2 Å². The number of ether oxygens (including phenoxy) is 2. The number of nitrogens with zero attached hydrogens (tertiary/aromatic N) is 3. The molecular weight excluding hydrogens is 360 g/mol. The van der Waals surface area contributed by atoms with Crippen LogP contribution >= 0.6 is 0 Å². The Hall–Kier alpha value is -3.13. The predicted molar refractivity (Wildman–Crippen MR) is 107 cm³/mol. The molecule has 8 nitrogen and oxygen atoms in total. The fourth-order valence-electron chi connectivity index (χ4n) is 3.31. The monoisotopic (exact) mass is 384 g/mol. The number of anilines is 1. The number of hydrogen-bond donors (Lipinski definition) is 1. The maximum absolute atomic E-state index is 12.8. The van der Waals surface area contributed by atoms with E-state index in [1.54, 1.807) is 39.0 Å². The van der Waals surface area contributed by atoms with Crippen LogP contribution in [0.3, 0.4) is 0 Å². The second kappa shape index (κ2) is 7.85. The molecule has 2 aromatic rings. The van der Waals surface area contributed by atoms with Crippen molar-refractivity contribution in [2.24, 2.45) is 7.05 Å². The first-order valence-corrected chi connectivity index (χ1v) is 8.96. The van der Waals surface area contributed by atoms with Crippen LogP contribution in [0.4, 0.5) is 5.82 Å². The molecule has 1 amide bonds. The number of imidazole rings is 1. The summed E-state index contributed by atoms with van der Waals surface area (Å²) in [6.07, 6.45) is 3.67. The van der Waals surface area contributed by atoms with Crippen LogP contribution in [0, 0.1) is 0 Å². The van der Waals surface area contributed by atoms with E-state index < -0.39 is 6.04 Å². The summed E-state index contributed by atoms with van der Waals surface area (Å²) in [6.45, 7) is 2.30. The molecule has 148 valence electrons. The Balaban J connectivity index is 2.00. The average Bonchev–Trinajstić information content (AvgIpc) is 3.03. The molecule has 1 aliphatic heterocycles. The van der Waals surface area contributed by atoms with E-state index in [9.17, 15) is 9.59 Å². The third-order valence-corrected chi connectivity index (χ3v) is 4.81. The predicted octanol–water partition coefficient (Wildman–Crippen LogP) is 1.74. The number of Topliss-reactive ketones (excluding diaryl/α,β-unsaturated/α-hetero) is 1. The third kappa shape index (κ3) is 3.16. The van der Waals surface area contributed by atoms with Gasteiger partial charge in [0.15, 0.2) is 23.4 Å². The normalized spacial score (nSPS) is 16.6. The summed E-state index contributed by atoms with van der Waals surface area (Å²) in [5, 5.41) is 2.80. The molecule has 0 fully saturated rings. The fourth-order valence-corrected chi connectivity index (χ4v) is 3.31. The van der Waals surface area contributed by atoms with Gasteiger partial charge in [0.2, 0.25) is 5.78 Å². The molecule has 1 atom stereocenters. The van der Waals surface area contributed by atoms with Crippen molar-refractivity contribution in [3.8, 4) is 11.5 Å². The minimum Gasteiger partial charge on any atom is -0.493 e. The minimum atomic E-state index is -0.884. The van der Waals surface area contributed by atoms with E-state index >= 15 is 0 Å². The largest absolute Gasteiger partial charge is 0.493 e. The van der Waals surface area contributed by atoms with Gasteiger partial charge in [-0.05, 0) is 37.7 Å². The number of aromatic nitrogens is 2. The summed E-state index contributed by atoms with van der Waals surface area (Å²) in [4.78, 5) is 31.4. The second-order valence-corrected chi connectivity index (χ2v) is 6.32. The van der Waals surface area contributed by atoms with Crippen LogP contribution in [0.15, 0.2) is 18.2 Å². The van der Waals surface area contributed by atoms with Crippen molar-refractivity contribution in [3.63, 3.8) is 0 Å². The van der Waals surface area contributed by atoms with Gasteiger partial charge in [-0.15, -0.1) is 0 Å². The van der Waals surface area contributed by atoms with Crippen LogP contribution in [0.5, 0.6) is 11.5 Å². The summed E-state index contributed by atoms with van der Waals surface area (Å²) in [7, 11) is 6.54. The number of benzene rings is 1. The van der Waals surface area contributed by atoms with Crippen molar-refractivity contribution in [2.45, 2.75) is 13.0 Å². The number of nitrogens with one attached hydrogen (secondary N) is 1. The molecule has 1 aromatic carbocycles. The Kier molecular flexibility index (Phi) is 5.51. The first-order chi connectivity index (χ1) is 13.5. The van der Waals surface area contributed by atoms with Crippen molar-refractivity contribution in [3.05, 3.63) is 35.3 Å². The van der Waals surface area contributed by atoms with Gasteiger partial charge in [0.25, 0.3) is 5.91 Å². The molecule has 0 saturated carbocycles. The van der Waals surface area contributed by atoms with Crippen molar-refractivity contribution in [2.75, 3.05) is 32.7 Å². The van der Waals surface area contributed by atoms with Crippen molar-refractivity contribution >= 4 is 29.7 Å². The van der Waals surface area contributed by atoms with Crippen molar-refractivity contribution in [1.29, 1.82) is 0 Å². The SMILES string of the molecule is CCN1C(=O)C(NC)C(=O)c2c1nc(/C=C/c1ccc(OC)c(OC)c1)n2C. The molecule has 0 radical (unpaired) electrons. The van der Waals surface area contributed by atoms with Crippen molar-refractivity contribution < 1.29 is 19.1 Å². The number of ketones is 1. The Morgan fingerprint density at radius 1 is 1.18 bits per heavy atom. The Morgan fingerprint density at radius 3 is 2.50 bits per heavy atom. The molecule has 3 rings (SSSR count). The van der Waals surface area contributed by atoms with Crippen LogP contribution in [-0.4, -0.2) is 55.1 Å². The summed E-state index contributed by atoms with van der Waals surface area (Å²) in [5.74, 6) is 1.70. The molecule has 28 heavy (non-hydrogen) atoms. The number of methoxy groups -OCH3 is 2. The molecule has 1 N–H and O–H groups in total. The first-order valence-electron chi connectivity index (χ1n) is 8.96. The number of hydrogen-bond acceptors (Lipinski definition) is 6. The molecule has 1 aromatic heterocycles. The quantitative estimate of drug-likeness (QED) is 0.764. The van der Waals surface area contributed by atoms with E-state index in [0.29, 0.717) is 35.4 Å². The van der Waals surface area contributed by atoms with E-state index in [0.717, 1.165) is 5.56 Å². The number of carbonyl (C=O) groups excluding carboxylic acids is 2. The maximum Gasteiger partial charge on any atom is 0.253 e. The second-order valence-electron chi connectivity index (χ2n) is 6.32. The van der Waals surface area contributed by atoms with Crippen LogP contribution < -0.4 is 19.7 Å². The number of carbonyl (C=O) groups is 2. The number of amides is 1. The highest BCUT2D eigenvalue weighted by atomic mass is 16.5. The molecule has 0 aliphatic carbocycles. The number of fused-ring (bicyclic) bond motifs is 1. The van der Waals surface area contributed by atoms with Gasteiger partial charge in [-0.2, -0.15) is 0 Å². The highest BCUT2D eigenvalue weighted by molar-refractivity contribution is 6.23. The molecule has 0 spiro atoms. The van der Waals surface area contributed by atoms with Gasteiger partial charge in [-0.25, -0.2) is 4.98 Å². The maximum atomic E-state index is 12.8. The van der Waals surface area contributed by atoms with Gasteiger partial charge in [0, 0.05) is 13.6 Å². The molecule has 0 saturated heterocycles. The lowest BCUT2D eigenvalue weighted by Gasteiger charge is -2.29. The van der Waals surface area contributed by atoms with E-state index in [2.05, 4.69) is 10.3 Å². The zero-order valence-corrected chi connectivity index (χ0v) is 16.6. The summed E-state index contributed by atoms with van der Waals surface area (Å²) in [6, 6.07) is 4.68. The van der Waals surface area contributed by atoms with Gasteiger partial charge < -0.3 is 19.4 Å². The summed E-state index contributed by atoms with van der Waals surface area (Å²) >= 11 is 0. The molecular formula is C20H24N4O4. The molecule has 1 unspecified atom stereocenters. The van der Waals surface area contributed by atoms with Crippen LogP contribution in [0.1, 0.15) is 28.8 Å². The lowest BCUT2D eigenvalue weighted by molar-refractivity contribution is -0.119. The lowest BCUT2D eigenvalue weighted by atomic mass is 10.0. The molecule has 2 heterocycles. The first kappa shape index (κ1) is 19.6. The zero-order chi connectivity index (χ0) is 20.4. The highest BCUT2D eigenvalue weighted by Crippen LogP contribution is 2.30. The van der Waals surface area contributed by atoms with Crippen molar-refractivity contribution in [1.82, 2.24) is 14.9 Å². The average molecular weight is 384 g/mol. The van der Waals surface area contributed by atoms with E-state index in [1.165, 1.54) is 4.90 Å². The zero-order valence-electron chi connectivity index (χ0n) is 16.6. The van der Waals surface area contributed by atoms with Gasteiger partial charge in [-0.3, -0.25) is 14.5 Å². The Bertz CT molecular complexity index is 948. The molecule has 0 bridgehead atoms. The fraction of sp³-hybridized carbons (Fsp3) is 0.350. The van der Waals surface area contributed by atoms with Gasteiger partial charge in [0.1, 0.15) is 11.5 Å². The topological polar surface area (TPSA) is 85.7 Å². The highest BCUT2D eigenvalue weighted by Gasteiger charge is 2.41. The van der Waals surface area contributed by atoms with E-state index in [-0.39, 0.29) is 11.7 Å². The summed E-state index contributed by atoms with van der Waals surface area (Å²) in [5.41, 5.74) is 1.31. The van der Waals surface area contributed by atoms with E-state index in [4.69, 9.17) is 9.47 Å². The smallest absolute Gasteiger partial charge is 0.253 e. The van der Waals surface area contributed by atoms with Gasteiger partial charge >= 0.3 is 0 Å². The molecule has 1 aliphatic rings.